The van der Waals surface area contributed by atoms with E-state index in [1.807, 2.05) is 0 Å². The molecule has 0 N–H and O–H groups in total. The molecule has 0 radical (unpaired) electrons. The second-order valence-electron chi connectivity index (χ2n) is 3.89. The number of carbonyl (C=O) groups excluding carboxylic acids is 1. The monoisotopic (exact) mass is 188 g/mol. The molecule has 0 aliphatic carbocycles. The summed E-state index contributed by atoms with van der Waals surface area (Å²) < 4.78 is 5.62. The smallest absolute Gasteiger partial charge is 0.202 e. The minimum Gasteiger partial charge on any atom is -0.483 e. The summed E-state index contributed by atoms with van der Waals surface area (Å²) in [6, 6.07) is 0. The van der Waals surface area contributed by atoms with E-state index in [-0.39, 0.29) is 5.78 Å². The van der Waals surface area contributed by atoms with Crippen molar-refractivity contribution in [1.29, 1.82) is 0 Å². The van der Waals surface area contributed by atoms with Gasteiger partial charge in [0, 0.05) is 25.3 Å². The predicted octanol–water partition coefficient (Wildman–Crippen LogP) is 1.97. The van der Waals surface area contributed by atoms with Gasteiger partial charge >= 0.3 is 0 Å². The van der Waals surface area contributed by atoms with Gasteiger partial charge in [0.1, 0.15) is 5.76 Å². The van der Waals surface area contributed by atoms with Crippen molar-refractivity contribution in [3.63, 3.8) is 0 Å². The third-order valence-corrected chi connectivity index (χ3v) is 2.48. The Hall–Kier alpha value is -1.49. The summed E-state index contributed by atoms with van der Waals surface area (Å²) in [6.45, 7) is 5.63. The SMILES string of the molecule is C=C1C#CCCC2=CC(=O)C(C)(C1)O2. The summed E-state index contributed by atoms with van der Waals surface area (Å²) in [4.78, 5) is 11.7. The van der Waals surface area contributed by atoms with E-state index in [4.69, 9.17) is 4.74 Å². The standard InChI is InChI=1S/C12H12O2/c1-9-5-3-4-6-10-7-11(13)12(2,8-9)14-10/h7H,1,4,6,8H2,2H3. The molecule has 72 valence electrons. The van der Waals surface area contributed by atoms with Crippen LogP contribution in [0.1, 0.15) is 26.2 Å². The van der Waals surface area contributed by atoms with Gasteiger partial charge in [-0.3, -0.25) is 4.79 Å². The molecule has 1 unspecified atom stereocenters. The van der Waals surface area contributed by atoms with Crippen LogP contribution in [0.25, 0.3) is 0 Å². The Morgan fingerprint density at radius 1 is 1.64 bits per heavy atom. The maximum absolute atomic E-state index is 11.7. The maximum Gasteiger partial charge on any atom is 0.202 e. The first-order valence-corrected chi connectivity index (χ1v) is 4.71. The first-order chi connectivity index (χ1) is 6.60. The third-order valence-electron chi connectivity index (χ3n) is 2.48. The Labute approximate surface area is 83.6 Å². The zero-order valence-corrected chi connectivity index (χ0v) is 8.22. The lowest BCUT2D eigenvalue weighted by atomic mass is 9.93. The van der Waals surface area contributed by atoms with E-state index in [2.05, 4.69) is 18.4 Å². The molecule has 2 heteroatoms. The van der Waals surface area contributed by atoms with Crippen LogP contribution in [0, 0.1) is 11.8 Å². The predicted molar refractivity (Wildman–Crippen MR) is 53.3 cm³/mol. The van der Waals surface area contributed by atoms with Crippen LogP contribution in [0.15, 0.2) is 24.0 Å². The van der Waals surface area contributed by atoms with Crippen LogP contribution >= 0.6 is 0 Å². The zero-order chi connectivity index (χ0) is 10.2. The fourth-order valence-electron chi connectivity index (χ4n) is 1.74. The molecular weight excluding hydrogens is 176 g/mol. The maximum atomic E-state index is 11.7. The summed E-state index contributed by atoms with van der Waals surface area (Å²) in [7, 11) is 0. The van der Waals surface area contributed by atoms with Crippen LogP contribution in [0.2, 0.25) is 0 Å². The van der Waals surface area contributed by atoms with Crippen LogP contribution in [0.4, 0.5) is 0 Å². The van der Waals surface area contributed by atoms with Gasteiger partial charge in [0.15, 0.2) is 5.60 Å². The Balaban J connectivity index is 2.33. The lowest BCUT2D eigenvalue weighted by Gasteiger charge is -2.22. The number of allylic oxidation sites excluding steroid dienone is 1. The third kappa shape index (κ3) is 1.46. The van der Waals surface area contributed by atoms with E-state index in [0.717, 1.165) is 24.2 Å². The second kappa shape index (κ2) is 3.02. The van der Waals surface area contributed by atoms with Crippen molar-refractivity contribution in [2.75, 3.05) is 0 Å². The Bertz CT molecular complexity index is 392. The van der Waals surface area contributed by atoms with Gasteiger partial charge in [-0.25, -0.2) is 0 Å². The zero-order valence-electron chi connectivity index (χ0n) is 8.22. The normalized spacial score (nSPS) is 30.5. The molecule has 0 amide bonds. The molecule has 0 saturated heterocycles. The molecule has 0 aromatic carbocycles. The van der Waals surface area contributed by atoms with Crippen molar-refractivity contribution in [3.05, 3.63) is 24.0 Å². The topological polar surface area (TPSA) is 26.3 Å². The minimum absolute atomic E-state index is 0.0392. The van der Waals surface area contributed by atoms with Crippen LogP contribution in [-0.2, 0) is 9.53 Å². The Morgan fingerprint density at radius 2 is 2.43 bits per heavy atom. The minimum atomic E-state index is -0.745. The van der Waals surface area contributed by atoms with Gasteiger partial charge in [-0.1, -0.05) is 18.4 Å². The number of hydrogen-bond donors (Lipinski definition) is 0. The lowest BCUT2D eigenvalue weighted by molar-refractivity contribution is -0.128. The van der Waals surface area contributed by atoms with Crippen LogP contribution in [-0.4, -0.2) is 11.4 Å². The summed E-state index contributed by atoms with van der Waals surface area (Å²) >= 11 is 0. The van der Waals surface area contributed by atoms with E-state index in [1.54, 1.807) is 13.0 Å². The summed E-state index contributed by atoms with van der Waals surface area (Å²) in [6.07, 6.45) is 3.55. The molecule has 2 aliphatic heterocycles. The van der Waals surface area contributed by atoms with Crippen molar-refractivity contribution in [3.8, 4) is 11.8 Å². The molecule has 0 aromatic rings. The highest BCUT2D eigenvalue weighted by Gasteiger charge is 2.40. The molecule has 0 saturated carbocycles. The van der Waals surface area contributed by atoms with Crippen LogP contribution in [0.5, 0.6) is 0 Å². The largest absolute Gasteiger partial charge is 0.483 e. The molecule has 0 aromatic heterocycles. The van der Waals surface area contributed by atoms with Gasteiger partial charge in [0.2, 0.25) is 5.78 Å². The average molecular weight is 188 g/mol. The molecule has 2 heterocycles. The number of ether oxygens (including phenoxy) is 1. The van der Waals surface area contributed by atoms with E-state index in [0.29, 0.717) is 6.42 Å². The molecule has 2 aliphatic rings. The number of carbonyl (C=O) groups is 1. The van der Waals surface area contributed by atoms with Crippen molar-refractivity contribution in [2.45, 2.75) is 31.8 Å². The highest BCUT2D eigenvalue weighted by Crippen LogP contribution is 2.32. The van der Waals surface area contributed by atoms with Gasteiger partial charge < -0.3 is 4.74 Å². The Kier molecular flexibility index (Phi) is 1.96. The molecule has 0 fully saturated rings. The molecule has 0 spiro atoms. The van der Waals surface area contributed by atoms with E-state index in [9.17, 15) is 4.79 Å². The molecule has 14 heavy (non-hydrogen) atoms. The molecule has 2 rings (SSSR count). The fraction of sp³-hybridized carbons (Fsp3) is 0.417. The molecule has 1 atom stereocenters. The van der Waals surface area contributed by atoms with Crippen molar-refractivity contribution in [2.24, 2.45) is 0 Å². The summed E-state index contributed by atoms with van der Waals surface area (Å²) in [5, 5.41) is 0. The van der Waals surface area contributed by atoms with Gasteiger partial charge in [0.25, 0.3) is 0 Å². The van der Waals surface area contributed by atoms with Crippen LogP contribution in [0.3, 0.4) is 0 Å². The quantitative estimate of drug-likeness (QED) is 0.543. The number of fused-ring (bicyclic) bond motifs is 2. The first kappa shape index (κ1) is 9.08. The summed E-state index contributed by atoms with van der Waals surface area (Å²) in [5.41, 5.74) is 0.0308. The van der Waals surface area contributed by atoms with Gasteiger partial charge in [-0.15, -0.1) is 0 Å². The number of rotatable bonds is 0. The van der Waals surface area contributed by atoms with Crippen molar-refractivity contribution < 1.29 is 9.53 Å². The van der Waals surface area contributed by atoms with E-state index < -0.39 is 5.60 Å². The number of ketones is 1. The van der Waals surface area contributed by atoms with Crippen molar-refractivity contribution >= 4 is 5.78 Å². The van der Waals surface area contributed by atoms with Gasteiger partial charge in [0.05, 0.1) is 0 Å². The highest BCUT2D eigenvalue weighted by molar-refractivity contribution is 5.99. The first-order valence-electron chi connectivity index (χ1n) is 4.71. The number of hydrogen-bond acceptors (Lipinski definition) is 2. The fourth-order valence-corrected chi connectivity index (χ4v) is 1.74. The highest BCUT2D eigenvalue weighted by atomic mass is 16.5. The second-order valence-corrected chi connectivity index (χ2v) is 3.89. The van der Waals surface area contributed by atoms with Gasteiger partial charge in [-0.05, 0) is 12.5 Å². The molecule has 2 bridgehead atoms. The van der Waals surface area contributed by atoms with Crippen LogP contribution < -0.4 is 0 Å². The molecule has 2 nitrogen and oxygen atoms in total. The van der Waals surface area contributed by atoms with E-state index in [1.165, 1.54) is 0 Å². The lowest BCUT2D eigenvalue weighted by Crippen LogP contribution is -2.32. The Morgan fingerprint density at radius 3 is 3.21 bits per heavy atom. The molecular formula is C12H12O2. The van der Waals surface area contributed by atoms with Crippen molar-refractivity contribution in [1.82, 2.24) is 0 Å². The van der Waals surface area contributed by atoms with E-state index >= 15 is 0 Å². The van der Waals surface area contributed by atoms with Gasteiger partial charge in [-0.2, -0.15) is 0 Å². The summed E-state index contributed by atoms with van der Waals surface area (Å²) in [5.74, 6) is 6.77. The average Bonchev–Trinajstić information content (AvgIpc) is 2.39.